The lowest BCUT2D eigenvalue weighted by Crippen LogP contribution is -2.08. The predicted octanol–water partition coefficient (Wildman–Crippen LogP) is 6.58. The van der Waals surface area contributed by atoms with Gasteiger partial charge in [-0.25, -0.2) is 9.37 Å². The van der Waals surface area contributed by atoms with Gasteiger partial charge in [0.2, 0.25) is 0 Å². The summed E-state index contributed by atoms with van der Waals surface area (Å²) in [4.78, 5) is 4.85. The van der Waals surface area contributed by atoms with E-state index in [1.165, 1.54) is 12.1 Å². The molecule has 0 fully saturated rings. The highest BCUT2D eigenvalue weighted by molar-refractivity contribution is 5.88. The summed E-state index contributed by atoms with van der Waals surface area (Å²) >= 11 is 0. The van der Waals surface area contributed by atoms with E-state index in [1.807, 2.05) is 18.2 Å². The Hall–Kier alpha value is -3.91. The lowest BCUT2D eigenvalue weighted by atomic mass is 9.90. The number of hydrogen-bond donors (Lipinski definition) is 0. The molecule has 4 aromatic rings. The third-order valence-electron chi connectivity index (χ3n) is 6.12. The summed E-state index contributed by atoms with van der Waals surface area (Å²) in [6.45, 7) is 7.09. The van der Waals surface area contributed by atoms with Crippen molar-refractivity contribution in [3.05, 3.63) is 100 Å². The molecule has 1 aliphatic heterocycles. The number of benzene rings is 3. The van der Waals surface area contributed by atoms with Crippen molar-refractivity contribution in [2.24, 2.45) is 0 Å². The highest BCUT2D eigenvalue weighted by Crippen LogP contribution is 2.39. The third kappa shape index (κ3) is 3.68. The number of allylic oxidation sites excluding steroid dienone is 1. The summed E-state index contributed by atoms with van der Waals surface area (Å²) in [6, 6.07) is 21.2. The number of ether oxygens (including phenoxy) is 1. The number of nitriles is 1. The van der Waals surface area contributed by atoms with Crippen LogP contribution in [-0.2, 0) is 13.2 Å². The molecule has 0 unspecified atom stereocenters. The maximum absolute atomic E-state index is 13.9. The highest BCUT2D eigenvalue weighted by atomic mass is 19.1. The predicted molar refractivity (Wildman–Crippen MR) is 127 cm³/mol. The smallest absolute Gasteiger partial charge is 0.130 e. The molecule has 0 aliphatic carbocycles. The van der Waals surface area contributed by atoms with Gasteiger partial charge in [0.15, 0.2) is 0 Å². The summed E-state index contributed by atoms with van der Waals surface area (Å²) in [7, 11) is 0. The van der Waals surface area contributed by atoms with Gasteiger partial charge in [0.1, 0.15) is 24.0 Å². The standard InChI is InChI=1S/C28H24FN3O/c1-17(2)28-31-24-6-4-5-7-25(24)32(28)15-19-8-10-22-20(12-19)16-33-26-13-21(29)9-11-23(26)27(22)18(3)14-30/h4-13,17H,15-16H2,1-3H3/b27-18-. The van der Waals surface area contributed by atoms with Gasteiger partial charge in [0.25, 0.3) is 0 Å². The van der Waals surface area contributed by atoms with Crippen LogP contribution < -0.4 is 4.74 Å². The second-order valence-electron chi connectivity index (χ2n) is 8.73. The van der Waals surface area contributed by atoms with Gasteiger partial charge in [-0.2, -0.15) is 5.26 Å². The molecule has 0 radical (unpaired) electrons. The molecule has 0 amide bonds. The van der Waals surface area contributed by atoms with E-state index < -0.39 is 0 Å². The van der Waals surface area contributed by atoms with Crippen molar-refractivity contribution >= 4 is 16.6 Å². The van der Waals surface area contributed by atoms with Gasteiger partial charge >= 0.3 is 0 Å². The number of imidazole rings is 1. The molecule has 3 aromatic carbocycles. The Morgan fingerprint density at radius 1 is 1.12 bits per heavy atom. The normalized spacial score (nSPS) is 14.3. The number of hydrogen-bond acceptors (Lipinski definition) is 3. The Kier molecular flexibility index (Phi) is 5.22. The van der Waals surface area contributed by atoms with Crippen molar-refractivity contribution in [2.75, 3.05) is 0 Å². The zero-order valence-corrected chi connectivity index (χ0v) is 18.9. The Balaban J connectivity index is 1.61. The van der Waals surface area contributed by atoms with Gasteiger partial charge in [-0.1, -0.05) is 38.1 Å². The van der Waals surface area contributed by atoms with Crippen LogP contribution in [0.15, 0.2) is 66.2 Å². The second-order valence-corrected chi connectivity index (χ2v) is 8.73. The molecule has 33 heavy (non-hydrogen) atoms. The number of nitrogens with zero attached hydrogens (tertiary/aromatic N) is 3. The molecular weight excluding hydrogens is 413 g/mol. The molecule has 1 aliphatic rings. The maximum atomic E-state index is 13.9. The Bertz CT molecular complexity index is 1460. The van der Waals surface area contributed by atoms with Crippen LogP contribution in [0.2, 0.25) is 0 Å². The van der Waals surface area contributed by atoms with E-state index in [0.717, 1.165) is 44.7 Å². The van der Waals surface area contributed by atoms with E-state index in [9.17, 15) is 9.65 Å². The van der Waals surface area contributed by atoms with Crippen molar-refractivity contribution in [2.45, 2.75) is 39.8 Å². The summed E-state index contributed by atoms with van der Waals surface area (Å²) in [5.74, 6) is 1.44. The van der Waals surface area contributed by atoms with Gasteiger partial charge in [0.05, 0.1) is 17.1 Å². The van der Waals surface area contributed by atoms with Crippen molar-refractivity contribution in [3.8, 4) is 11.8 Å². The van der Waals surface area contributed by atoms with E-state index in [-0.39, 0.29) is 5.82 Å². The van der Waals surface area contributed by atoms with E-state index in [1.54, 1.807) is 13.0 Å². The molecule has 0 N–H and O–H groups in total. The van der Waals surface area contributed by atoms with Crippen LogP contribution in [0.1, 0.15) is 54.8 Å². The zero-order chi connectivity index (χ0) is 23.1. The molecule has 1 aromatic heterocycles. The van der Waals surface area contributed by atoms with Crippen molar-refractivity contribution in [1.82, 2.24) is 9.55 Å². The average molecular weight is 438 g/mol. The average Bonchev–Trinajstić information content (AvgIpc) is 3.10. The van der Waals surface area contributed by atoms with Gasteiger partial charge in [-0.15, -0.1) is 0 Å². The van der Waals surface area contributed by atoms with Crippen LogP contribution >= 0.6 is 0 Å². The topological polar surface area (TPSA) is 50.8 Å². The van der Waals surface area contributed by atoms with Crippen LogP contribution in [0.25, 0.3) is 16.6 Å². The maximum Gasteiger partial charge on any atom is 0.130 e. The summed E-state index contributed by atoms with van der Waals surface area (Å²) < 4.78 is 22.2. The van der Waals surface area contributed by atoms with E-state index in [2.05, 4.69) is 48.7 Å². The molecule has 164 valence electrons. The van der Waals surface area contributed by atoms with Crippen molar-refractivity contribution < 1.29 is 9.13 Å². The van der Waals surface area contributed by atoms with Gasteiger partial charge in [-0.05, 0) is 53.9 Å². The number of aromatic nitrogens is 2. The van der Waals surface area contributed by atoms with Gasteiger partial charge in [0, 0.05) is 35.2 Å². The first-order valence-electron chi connectivity index (χ1n) is 11.1. The van der Waals surface area contributed by atoms with Crippen LogP contribution in [0, 0.1) is 17.1 Å². The SMILES string of the molecule is C/C(C#N)=C1\c2ccc(Cn3c(C(C)C)nc4ccccc43)cc2COc2cc(F)ccc21. The van der Waals surface area contributed by atoms with Crippen molar-refractivity contribution in [3.63, 3.8) is 0 Å². The minimum atomic E-state index is -0.359. The zero-order valence-electron chi connectivity index (χ0n) is 18.9. The lowest BCUT2D eigenvalue weighted by molar-refractivity contribution is 0.305. The molecule has 0 atom stereocenters. The number of para-hydroxylation sites is 2. The van der Waals surface area contributed by atoms with Gasteiger partial charge in [-0.3, -0.25) is 0 Å². The van der Waals surface area contributed by atoms with Crippen LogP contribution in [0.4, 0.5) is 4.39 Å². The Morgan fingerprint density at radius 2 is 1.91 bits per heavy atom. The van der Waals surface area contributed by atoms with E-state index in [0.29, 0.717) is 30.4 Å². The Morgan fingerprint density at radius 3 is 2.70 bits per heavy atom. The lowest BCUT2D eigenvalue weighted by Gasteiger charge is -2.15. The van der Waals surface area contributed by atoms with E-state index in [4.69, 9.17) is 9.72 Å². The van der Waals surface area contributed by atoms with Crippen molar-refractivity contribution in [1.29, 1.82) is 5.26 Å². The fraction of sp³-hybridized carbons (Fsp3) is 0.214. The third-order valence-corrected chi connectivity index (χ3v) is 6.12. The number of rotatable bonds is 3. The minimum Gasteiger partial charge on any atom is -0.488 e. The fourth-order valence-electron chi connectivity index (χ4n) is 4.57. The molecule has 0 saturated heterocycles. The number of halogens is 1. The quantitative estimate of drug-likeness (QED) is 0.340. The number of fused-ring (bicyclic) bond motifs is 3. The first-order valence-corrected chi connectivity index (χ1v) is 11.1. The summed E-state index contributed by atoms with van der Waals surface area (Å²) in [6.07, 6.45) is 0. The first kappa shape index (κ1) is 21.0. The minimum absolute atomic E-state index is 0.291. The largest absolute Gasteiger partial charge is 0.488 e. The first-order chi connectivity index (χ1) is 16.0. The van der Waals surface area contributed by atoms with E-state index >= 15 is 0 Å². The second kappa shape index (κ2) is 8.22. The van der Waals surface area contributed by atoms with Crippen LogP contribution in [-0.4, -0.2) is 9.55 Å². The summed E-state index contributed by atoms with van der Waals surface area (Å²) in [5, 5.41) is 9.66. The fourth-order valence-corrected chi connectivity index (χ4v) is 4.57. The molecule has 4 nitrogen and oxygen atoms in total. The molecule has 5 heteroatoms. The summed E-state index contributed by atoms with van der Waals surface area (Å²) in [5.41, 5.74) is 7.25. The molecular formula is C28H24FN3O. The molecule has 0 bridgehead atoms. The molecule has 5 rings (SSSR count). The van der Waals surface area contributed by atoms with Gasteiger partial charge < -0.3 is 9.30 Å². The molecule has 0 saturated carbocycles. The van der Waals surface area contributed by atoms with Crippen LogP contribution in [0.3, 0.4) is 0 Å². The van der Waals surface area contributed by atoms with Crippen LogP contribution in [0.5, 0.6) is 5.75 Å². The Labute approximate surface area is 192 Å². The molecule has 2 heterocycles. The highest BCUT2D eigenvalue weighted by Gasteiger charge is 2.23. The monoisotopic (exact) mass is 437 g/mol. The molecule has 0 spiro atoms.